The van der Waals surface area contributed by atoms with Crippen LogP contribution in [-0.2, 0) is 22.6 Å². The van der Waals surface area contributed by atoms with Crippen molar-refractivity contribution < 1.29 is 23.5 Å². The highest BCUT2D eigenvalue weighted by Crippen LogP contribution is 2.28. The van der Waals surface area contributed by atoms with Gasteiger partial charge in [0.1, 0.15) is 17.9 Å². The van der Waals surface area contributed by atoms with Gasteiger partial charge in [0.2, 0.25) is 5.76 Å². The Hall–Kier alpha value is -4.06. The van der Waals surface area contributed by atoms with Crippen molar-refractivity contribution in [3.63, 3.8) is 0 Å². The monoisotopic (exact) mass is 483 g/mol. The molecule has 1 aliphatic heterocycles. The van der Waals surface area contributed by atoms with Gasteiger partial charge >= 0.3 is 5.97 Å². The summed E-state index contributed by atoms with van der Waals surface area (Å²) in [6.07, 6.45) is 2.91. The Balaban J connectivity index is 1.18. The van der Waals surface area contributed by atoms with Gasteiger partial charge in [-0.25, -0.2) is 4.79 Å². The van der Waals surface area contributed by atoms with E-state index in [0.717, 1.165) is 24.6 Å². The van der Waals surface area contributed by atoms with E-state index in [9.17, 15) is 9.59 Å². The molecule has 0 N–H and O–H groups in total. The SMILES string of the molecule is O=C(OCC(=O)N1CCC(Cc2ccccc2)CC1)c1oc2ccccc2c1COc1ccccc1. The molecule has 0 spiro atoms. The van der Waals surface area contributed by atoms with Gasteiger partial charge in [-0.1, -0.05) is 66.7 Å². The van der Waals surface area contributed by atoms with Gasteiger partial charge in [0, 0.05) is 18.5 Å². The van der Waals surface area contributed by atoms with E-state index in [1.54, 1.807) is 11.0 Å². The number of furan rings is 1. The average molecular weight is 484 g/mol. The third-order valence-electron chi connectivity index (χ3n) is 6.67. The van der Waals surface area contributed by atoms with Crippen molar-refractivity contribution in [3.05, 3.63) is 102 Å². The van der Waals surface area contributed by atoms with Gasteiger partial charge in [-0.15, -0.1) is 0 Å². The number of fused-ring (bicyclic) bond motifs is 1. The van der Waals surface area contributed by atoms with E-state index in [4.69, 9.17) is 13.9 Å². The predicted molar refractivity (Wildman–Crippen MR) is 137 cm³/mol. The molecular formula is C30H29NO5. The molecule has 184 valence electrons. The maximum Gasteiger partial charge on any atom is 0.375 e. The normalized spacial score (nSPS) is 14.1. The smallest absolute Gasteiger partial charge is 0.375 e. The second-order valence-corrected chi connectivity index (χ2v) is 9.10. The molecule has 0 atom stereocenters. The molecule has 0 bridgehead atoms. The summed E-state index contributed by atoms with van der Waals surface area (Å²) in [6.45, 7) is 1.19. The number of amides is 1. The molecule has 0 saturated carbocycles. The number of likely N-dealkylation sites (tertiary alicyclic amines) is 1. The van der Waals surface area contributed by atoms with Crippen LogP contribution in [0.5, 0.6) is 5.75 Å². The maximum absolute atomic E-state index is 12.9. The van der Waals surface area contributed by atoms with Gasteiger partial charge in [0.05, 0.1) is 5.56 Å². The molecule has 5 rings (SSSR count). The number of ether oxygens (including phenoxy) is 2. The fourth-order valence-electron chi connectivity index (χ4n) is 4.70. The second kappa shape index (κ2) is 11.1. The molecule has 6 nitrogen and oxygen atoms in total. The first kappa shape index (κ1) is 23.7. The summed E-state index contributed by atoms with van der Waals surface area (Å²) in [6, 6.07) is 27.2. The Morgan fingerprint density at radius 3 is 2.28 bits per heavy atom. The Labute approximate surface area is 210 Å². The fraction of sp³-hybridized carbons (Fsp3) is 0.267. The van der Waals surface area contributed by atoms with Crippen molar-refractivity contribution in [1.82, 2.24) is 4.90 Å². The molecular weight excluding hydrogens is 454 g/mol. The summed E-state index contributed by atoms with van der Waals surface area (Å²) in [5.41, 5.74) is 2.51. The van der Waals surface area contributed by atoms with Crippen LogP contribution in [0.15, 0.2) is 89.3 Å². The summed E-state index contributed by atoms with van der Waals surface area (Å²) >= 11 is 0. The first-order valence-corrected chi connectivity index (χ1v) is 12.3. The number of benzene rings is 3. The van der Waals surface area contributed by atoms with Crippen LogP contribution < -0.4 is 4.74 Å². The minimum Gasteiger partial charge on any atom is -0.489 e. The molecule has 0 unspecified atom stereocenters. The van der Waals surface area contributed by atoms with Crippen LogP contribution in [0, 0.1) is 5.92 Å². The first-order chi connectivity index (χ1) is 17.7. The molecule has 2 heterocycles. The quantitative estimate of drug-likeness (QED) is 0.303. The molecule has 1 aromatic heterocycles. The van der Waals surface area contributed by atoms with Crippen molar-refractivity contribution in [2.24, 2.45) is 5.92 Å². The standard InChI is InChI=1S/C30H29NO5/c32-28(31-17-15-23(16-18-31)19-22-9-3-1-4-10-22)21-35-30(33)29-26(20-34-24-11-5-2-6-12-24)25-13-7-8-14-27(25)36-29/h1-14,23H,15-21H2. The number of carbonyl (C=O) groups is 2. The van der Waals surface area contributed by atoms with Gasteiger partial charge in [-0.3, -0.25) is 4.79 Å². The van der Waals surface area contributed by atoms with E-state index in [1.807, 2.05) is 54.6 Å². The first-order valence-electron chi connectivity index (χ1n) is 12.3. The Morgan fingerprint density at radius 1 is 0.861 bits per heavy atom. The summed E-state index contributed by atoms with van der Waals surface area (Å²) < 4.78 is 17.1. The van der Waals surface area contributed by atoms with E-state index >= 15 is 0 Å². The van der Waals surface area contributed by atoms with Crippen molar-refractivity contribution in [3.8, 4) is 5.75 Å². The molecule has 3 aromatic carbocycles. The Morgan fingerprint density at radius 2 is 1.53 bits per heavy atom. The molecule has 0 aliphatic carbocycles. The maximum atomic E-state index is 12.9. The van der Waals surface area contributed by atoms with Crippen LogP contribution in [0.2, 0.25) is 0 Å². The molecule has 1 amide bonds. The number of hydrogen-bond donors (Lipinski definition) is 0. The van der Waals surface area contributed by atoms with Gasteiger partial charge in [-0.2, -0.15) is 0 Å². The van der Waals surface area contributed by atoms with Gasteiger partial charge in [0.25, 0.3) is 5.91 Å². The van der Waals surface area contributed by atoms with Crippen LogP contribution in [0.4, 0.5) is 0 Å². The van der Waals surface area contributed by atoms with Crippen LogP contribution in [-0.4, -0.2) is 36.5 Å². The molecule has 6 heteroatoms. The number of hydrogen-bond acceptors (Lipinski definition) is 5. The fourth-order valence-corrected chi connectivity index (χ4v) is 4.70. The van der Waals surface area contributed by atoms with Crippen molar-refractivity contribution in [2.45, 2.75) is 25.9 Å². The minimum atomic E-state index is -0.662. The summed E-state index contributed by atoms with van der Waals surface area (Å²) in [4.78, 5) is 27.5. The lowest BCUT2D eigenvalue weighted by molar-refractivity contribution is -0.136. The third kappa shape index (κ3) is 5.60. The number of esters is 1. The van der Waals surface area contributed by atoms with Gasteiger partial charge < -0.3 is 18.8 Å². The molecule has 1 saturated heterocycles. The lowest BCUT2D eigenvalue weighted by atomic mass is 9.90. The van der Waals surface area contributed by atoms with Crippen molar-refractivity contribution >= 4 is 22.8 Å². The minimum absolute atomic E-state index is 0.0708. The number of nitrogens with zero attached hydrogens (tertiary/aromatic N) is 1. The number of piperidine rings is 1. The highest BCUT2D eigenvalue weighted by Gasteiger charge is 2.26. The van der Waals surface area contributed by atoms with Crippen LogP contribution in [0.1, 0.15) is 34.5 Å². The second-order valence-electron chi connectivity index (χ2n) is 9.10. The highest BCUT2D eigenvalue weighted by molar-refractivity contribution is 5.96. The highest BCUT2D eigenvalue weighted by atomic mass is 16.5. The Bertz CT molecular complexity index is 1310. The largest absolute Gasteiger partial charge is 0.489 e. The number of carbonyl (C=O) groups excluding carboxylic acids is 2. The lowest BCUT2D eigenvalue weighted by Gasteiger charge is -2.32. The molecule has 4 aromatic rings. The van der Waals surface area contributed by atoms with E-state index in [2.05, 4.69) is 24.3 Å². The third-order valence-corrected chi connectivity index (χ3v) is 6.67. The van der Waals surface area contributed by atoms with Crippen LogP contribution >= 0.6 is 0 Å². The topological polar surface area (TPSA) is 69.0 Å². The lowest BCUT2D eigenvalue weighted by Crippen LogP contribution is -2.41. The summed E-state index contributed by atoms with van der Waals surface area (Å²) in [7, 11) is 0. The summed E-state index contributed by atoms with van der Waals surface area (Å²) in [5, 5.41) is 0.784. The van der Waals surface area contributed by atoms with Crippen LogP contribution in [0.25, 0.3) is 11.0 Å². The zero-order chi connectivity index (χ0) is 24.7. The number of para-hydroxylation sites is 2. The average Bonchev–Trinajstić information content (AvgIpc) is 3.30. The summed E-state index contributed by atoms with van der Waals surface area (Å²) in [5.74, 6) is 0.473. The Kier molecular flexibility index (Phi) is 7.31. The molecule has 1 fully saturated rings. The van der Waals surface area contributed by atoms with E-state index in [-0.39, 0.29) is 24.9 Å². The molecule has 36 heavy (non-hydrogen) atoms. The van der Waals surface area contributed by atoms with Gasteiger partial charge in [0.15, 0.2) is 6.61 Å². The van der Waals surface area contributed by atoms with Crippen molar-refractivity contribution in [1.29, 1.82) is 0 Å². The van der Waals surface area contributed by atoms with Gasteiger partial charge in [-0.05, 0) is 48.9 Å². The molecule has 1 aliphatic rings. The zero-order valence-electron chi connectivity index (χ0n) is 20.1. The van der Waals surface area contributed by atoms with E-state index < -0.39 is 5.97 Å². The van der Waals surface area contributed by atoms with Crippen molar-refractivity contribution in [2.75, 3.05) is 19.7 Å². The number of rotatable bonds is 8. The predicted octanol–water partition coefficient (Wildman–Crippen LogP) is 5.65. The van der Waals surface area contributed by atoms with E-state index in [0.29, 0.717) is 35.9 Å². The van der Waals surface area contributed by atoms with Crippen LogP contribution in [0.3, 0.4) is 0 Å². The van der Waals surface area contributed by atoms with E-state index in [1.165, 1.54) is 5.56 Å². The zero-order valence-corrected chi connectivity index (χ0v) is 20.1. The molecule has 0 radical (unpaired) electrons.